The first kappa shape index (κ1) is 23.3. The Bertz CT molecular complexity index is 1320. The van der Waals surface area contributed by atoms with Gasteiger partial charge in [0.2, 0.25) is 0 Å². The van der Waals surface area contributed by atoms with E-state index in [1.807, 2.05) is 43.3 Å². The molecule has 9 heteroatoms. The number of carbonyl (C=O) groups is 3. The number of anilines is 1. The number of rotatable bonds is 6. The predicted octanol–water partition coefficient (Wildman–Crippen LogP) is 4.13. The van der Waals surface area contributed by atoms with Gasteiger partial charge in [-0.2, -0.15) is 5.10 Å². The van der Waals surface area contributed by atoms with Gasteiger partial charge in [-0.3, -0.25) is 19.4 Å². The summed E-state index contributed by atoms with van der Waals surface area (Å²) in [5.74, 6) is 0.386. The first-order chi connectivity index (χ1) is 17.4. The summed E-state index contributed by atoms with van der Waals surface area (Å²) in [5, 5.41) is 5.90. The Labute approximate surface area is 208 Å². The molecule has 5 rings (SSSR count). The largest absolute Gasteiger partial charge is 0.497 e. The number of benzene rings is 2. The molecule has 0 spiro atoms. The average Bonchev–Trinajstić information content (AvgIpc) is 3.62. The Morgan fingerprint density at radius 2 is 1.81 bits per heavy atom. The SMILES string of the molecule is COc1ccc(C2=NN(C(=O)CN3C(=O)[C@@H](C)N(c4ccc(C)cc4)C3=O)[C@H](c3ccco3)C2)cc1. The summed E-state index contributed by atoms with van der Waals surface area (Å²) in [6.45, 7) is 3.19. The van der Waals surface area contributed by atoms with Gasteiger partial charge >= 0.3 is 6.03 Å². The van der Waals surface area contributed by atoms with Crippen LogP contribution in [0.1, 0.15) is 36.3 Å². The fourth-order valence-corrected chi connectivity index (χ4v) is 4.52. The first-order valence-electron chi connectivity index (χ1n) is 11.7. The number of hydrogen-bond donors (Lipinski definition) is 0. The molecular weight excluding hydrogens is 460 g/mol. The summed E-state index contributed by atoms with van der Waals surface area (Å²) in [7, 11) is 1.59. The highest BCUT2D eigenvalue weighted by atomic mass is 16.5. The predicted molar refractivity (Wildman–Crippen MR) is 133 cm³/mol. The van der Waals surface area contributed by atoms with Crippen molar-refractivity contribution in [3.63, 3.8) is 0 Å². The molecular formula is C27H26N4O5. The van der Waals surface area contributed by atoms with E-state index >= 15 is 0 Å². The zero-order chi connectivity index (χ0) is 25.4. The van der Waals surface area contributed by atoms with Crippen LogP contribution in [-0.4, -0.2) is 53.2 Å². The van der Waals surface area contributed by atoms with Gasteiger partial charge in [-0.15, -0.1) is 0 Å². The molecule has 1 aromatic heterocycles. The Morgan fingerprint density at radius 1 is 1.08 bits per heavy atom. The highest BCUT2D eigenvalue weighted by Crippen LogP contribution is 2.34. The molecule has 3 heterocycles. The minimum absolute atomic E-state index is 0.416. The molecule has 2 aliphatic rings. The zero-order valence-corrected chi connectivity index (χ0v) is 20.2. The maximum absolute atomic E-state index is 13.5. The highest BCUT2D eigenvalue weighted by Gasteiger charge is 2.45. The van der Waals surface area contributed by atoms with Gasteiger partial charge in [-0.1, -0.05) is 17.7 Å². The third kappa shape index (κ3) is 4.13. The van der Waals surface area contributed by atoms with Crippen molar-refractivity contribution in [1.82, 2.24) is 9.91 Å². The Kier molecular flexibility index (Phi) is 6.05. The number of ether oxygens (including phenoxy) is 1. The number of furan rings is 1. The van der Waals surface area contributed by atoms with Crippen molar-refractivity contribution in [3.8, 4) is 5.75 Å². The fraction of sp³-hybridized carbons (Fsp3) is 0.259. The van der Waals surface area contributed by atoms with Gasteiger partial charge in [0, 0.05) is 12.1 Å². The van der Waals surface area contributed by atoms with Crippen LogP contribution in [0.4, 0.5) is 10.5 Å². The standard InChI is InChI=1S/C27H26N4O5/c1-17-6-10-20(11-7-17)30-18(2)26(33)29(27(30)34)16-25(32)31-23(24-5-4-14-36-24)15-22(28-31)19-8-12-21(35-3)13-9-19/h4-14,18,23H,15-16H2,1-3H3/t18-,23+/m1/s1. The lowest BCUT2D eigenvalue weighted by Crippen LogP contribution is -2.42. The van der Waals surface area contributed by atoms with Gasteiger partial charge in [-0.05, 0) is 67.9 Å². The molecule has 0 aliphatic carbocycles. The van der Waals surface area contributed by atoms with Crippen LogP contribution in [-0.2, 0) is 9.59 Å². The Hall–Kier alpha value is -4.40. The maximum atomic E-state index is 13.5. The summed E-state index contributed by atoms with van der Waals surface area (Å²) in [6, 6.07) is 16.5. The minimum Gasteiger partial charge on any atom is -0.497 e. The highest BCUT2D eigenvalue weighted by molar-refractivity contribution is 6.15. The van der Waals surface area contributed by atoms with Gasteiger partial charge in [0.05, 0.1) is 19.1 Å². The molecule has 9 nitrogen and oxygen atoms in total. The molecule has 1 saturated heterocycles. The number of imide groups is 1. The summed E-state index contributed by atoms with van der Waals surface area (Å²) < 4.78 is 10.8. The van der Waals surface area contributed by atoms with Crippen LogP contribution in [0, 0.1) is 6.92 Å². The summed E-state index contributed by atoms with van der Waals surface area (Å²) >= 11 is 0. The first-order valence-corrected chi connectivity index (χ1v) is 11.7. The third-order valence-electron chi connectivity index (χ3n) is 6.51. The van der Waals surface area contributed by atoms with Gasteiger partial charge in [-0.25, -0.2) is 9.80 Å². The lowest BCUT2D eigenvalue weighted by Gasteiger charge is -2.22. The Morgan fingerprint density at radius 3 is 2.44 bits per heavy atom. The number of urea groups is 1. The fourth-order valence-electron chi connectivity index (χ4n) is 4.52. The van der Waals surface area contributed by atoms with Crippen LogP contribution < -0.4 is 9.64 Å². The number of methoxy groups -OCH3 is 1. The van der Waals surface area contributed by atoms with Crippen molar-refractivity contribution in [1.29, 1.82) is 0 Å². The van der Waals surface area contributed by atoms with Crippen LogP contribution in [0.3, 0.4) is 0 Å². The molecule has 184 valence electrons. The number of aryl methyl sites for hydroxylation is 1. The number of hydrogen-bond acceptors (Lipinski definition) is 6. The van der Waals surface area contributed by atoms with E-state index < -0.39 is 36.5 Å². The quantitative estimate of drug-likeness (QED) is 0.488. The van der Waals surface area contributed by atoms with Crippen molar-refractivity contribution in [3.05, 3.63) is 83.8 Å². The molecule has 0 unspecified atom stereocenters. The topological polar surface area (TPSA) is 95.7 Å². The lowest BCUT2D eigenvalue weighted by atomic mass is 10.0. The number of nitrogens with zero attached hydrogens (tertiary/aromatic N) is 4. The molecule has 3 aromatic rings. The van der Waals surface area contributed by atoms with Crippen molar-refractivity contribution >= 4 is 29.2 Å². The minimum atomic E-state index is -0.717. The molecule has 36 heavy (non-hydrogen) atoms. The number of amides is 4. The summed E-state index contributed by atoms with van der Waals surface area (Å²) in [6.07, 6.45) is 1.97. The van der Waals surface area contributed by atoms with Crippen molar-refractivity contribution in [2.75, 3.05) is 18.6 Å². The third-order valence-corrected chi connectivity index (χ3v) is 6.51. The summed E-state index contributed by atoms with van der Waals surface area (Å²) in [4.78, 5) is 42.1. The van der Waals surface area contributed by atoms with E-state index in [2.05, 4.69) is 5.10 Å². The Balaban J connectivity index is 1.40. The van der Waals surface area contributed by atoms with Gasteiger partial charge < -0.3 is 9.15 Å². The molecule has 1 fully saturated rings. The molecule has 0 bridgehead atoms. The van der Waals surface area contributed by atoms with Crippen molar-refractivity contribution < 1.29 is 23.5 Å². The van der Waals surface area contributed by atoms with E-state index in [-0.39, 0.29) is 0 Å². The molecule has 0 radical (unpaired) electrons. The van der Waals surface area contributed by atoms with E-state index in [9.17, 15) is 14.4 Å². The lowest BCUT2D eigenvalue weighted by molar-refractivity contribution is -0.138. The second-order valence-corrected chi connectivity index (χ2v) is 8.84. The second-order valence-electron chi connectivity index (χ2n) is 8.84. The molecule has 0 saturated carbocycles. The molecule has 4 amide bonds. The van der Waals surface area contributed by atoms with Gasteiger partial charge in [0.1, 0.15) is 30.1 Å². The molecule has 2 aliphatic heterocycles. The second kappa shape index (κ2) is 9.33. The monoisotopic (exact) mass is 486 g/mol. The smallest absolute Gasteiger partial charge is 0.332 e. The van der Waals surface area contributed by atoms with E-state index in [1.54, 1.807) is 38.3 Å². The van der Waals surface area contributed by atoms with E-state index in [0.717, 1.165) is 16.0 Å². The van der Waals surface area contributed by atoms with Crippen LogP contribution in [0.5, 0.6) is 5.75 Å². The number of carbonyl (C=O) groups excluding carboxylic acids is 3. The average molecular weight is 487 g/mol. The molecule has 0 N–H and O–H groups in total. The maximum Gasteiger partial charge on any atom is 0.332 e. The number of hydrazone groups is 1. The van der Waals surface area contributed by atoms with E-state index in [4.69, 9.17) is 9.15 Å². The van der Waals surface area contributed by atoms with E-state index in [0.29, 0.717) is 29.3 Å². The van der Waals surface area contributed by atoms with E-state index in [1.165, 1.54) is 16.2 Å². The van der Waals surface area contributed by atoms with Crippen LogP contribution >= 0.6 is 0 Å². The van der Waals surface area contributed by atoms with Crippen LogP contribution in [0.25, 0.3) is 0 Å². The van der Waals surface area contributed by atoms with Crippen molar-refractivity contribution in [2.45, 2.75) is 32.4 Å². The molecule has 2 atom stereocenters. The van der Waals surface area contributed by atoms with Crippen LogP contribution in [0.15, 0.2) is 76.4 Å². The summed E-state index contributed by atoms with van der Waals surface area (Å²) in [5.41, 5.74) is 3.19. The van der Waals surface area contributed by atoms with Crippen molar-refractivity contribution in [2.24, 2.45) is 5.10 Å². The normalized spacial score (nSPS) is 19.8. The van der Waals surface area contributed by atoms with Gasteiger partial charge in [0.25, 0.3) is 11.8 Å². The van der Waals surface area contributed by atoms with Gasteiger partial charge in [0.15, 0.2) is 0 Å². The molecule has 2 aromatic carbocycles. The van der Waals surface area contributed by atoms with Crippen LogP contribution in [0.2, 0.25) is 0 Å². The zero-order valence-electron chi connectivity index (χ0n) is 20.2.